The molecule has 0 fully saturated rings. The highest BCUT2D eigenvalue weighted by atomic mass is 19.1. The van der Waals surface area contributed by atoms with Gasteiger partial charge in [0.15, 0.2) is 6.20 Å². The second kappa shape index (κ2) is 6.27. The van der Waals surface area contributed by atoms with E-state index in [0.717, 1.165) is 44.4 Å². The number of rotatable bonds is 2. The van der Waals surface area contributed by atoms with Gasteiger partial charge in [-0.15, -0.1) is 0 Å². The lowest BCUT2D eigenvalue weighted by Crippen LogP contribution is -2.30. The van der Waals surface area contributed by atoms with E-state index in [4.69, 9.17) is 4.42 Å². The van der Waals surface area contributed by atoms with Crippen molar-refractivity contribution in [3.8, 4) is 22.5 Å². The number of furan rings is 1. The number of hydrogen-bond donors (Lipinski definition) is 0. The fourth-order valence-electron chi connectivity index (χ4n) is 3.74. The smallest absolute Gasteiger partial charge is 0.217 e. The number of halogens is 1. The fourth-order valence-corrected chi connectivity index (χ4v) is 3.74. The van der Waals surface area contributed by atoms with Gasteiger partial charge in [0, 0.05) is 40.7 Å². The van der Waals surface area contributed by atoms with E-state index in [2.05, 4.69) is 34.7 Å². The standard InChI is InChI=1S/C24H18FN2O/c1-15-6-8-19-18-9-7-17(25)14-22(18)28-24(19)23(15)21-13-16(10-12-27(21)2)20-5-3-4-11-26-20/h3-14H,1-2H3/q+1. The molecule has 0 N–H and O–H groups in total. The second-order valence-corrected chi connectivity index (χ2v) is 7.00. The second-order valence-electron chi connectivity index (χ2n) is 7.00. The summed E-state index contributed by atoms with van der Waals surface area (Å²) in [4.78, 5) is 4.47. The summed E-state index contributed by atoms with van der Waals surface area (Å²) in [5, 5.41) is 1.90. The van der Waals surface area contributed by atoms with Crippen molar-refractivity contribution in [2.24, 2.45) is 7.05 Å². The first-order chi connectivity index (χ1) is 13.6. The zero-order valence-corrected chi connectivity index (χ0v) is 15.6. The molecule has 5 aromatic rings. The molecule has 0 amide bonds. The van der Waals surface area contributed by atoms with Gasteiger partial charge >= 0.3 is 0 Å². The average Bonchev–Trinajstić information content (AvgIpc) is 3.06. The third-order valence-electron chi connectivity index (χ3n) is 5.18. The third-order valence-corrected chi connectivity index (χ3v) is 5.18. The summed E-state index contributed by atoms with van der Waals surface area (Å²) in [6.45, 7) is 2.07. The number of aryl methyl sites for hydroxylation is 2. The molecule has 3 aromatic heterocycles. The summed E-state index contributed by atoms with van der Waals surface area (Å²) in [6, 6.07) is 18.9. The Morgan fingerprint density at radius 1 is 0.964 bits per heavy atom. The summed E-state index contributed by atoms with van der Waals surface area (Å²) in [5.74, 6) is -0.299. The molecule has 2 aromatic carbocycles. The molecule has 0 atom stereocenters. The molecule has 0 aliphatic rings. The zero-order valence-electron chi connectivity index (χ0n) is 15.6. The molecular weight excluding hydrogens is 351 g/mol. The largest absolute Gasteiger partial charge is 0.455 e. The molecule has 0 spiro atoms. The molecule has 5 rings (SSSR count). The molecule has 0 bridgehead atoms. The lowest BCUT2D eigenvalue weighted by molar-refractivity contribution is -0.660. The topological polar surface area (TPSA) is 29.9 Å². The first-order valence-electron chi connectivity index (χ1n) is 9.14. The fraction of sp³-hybridized carbons (Fsp3) is 0.0833. The Labute approximate surface area is 161 Å². The molecular formula is C24H18FN2O+. The minimum atomic E-state index is -0.299. The van der Waals surface area contributed by atoms with Crippen LogP contribution in [0.2, 0.25) is 0 Å². The number of fused-ring (bicyclic) bond motifs is 3. The van der Waals surface area contributed by atoms with Crippen LogP contribution in [0.25, 0.3) is 44.5 Å². The van der Waals surface area contributed by atoms with E-state index in [1.54, 1.807) is 12.3 Å². The van der Waals surface area contributed by atoms with E-state index in [1.807, 2.05) is 37.5 Å². The molecule has 0 saturated heterocycles. The van der Waals surface area contributed by atoms with Crippen molar-refractivity contribution in [1.29, 1.82) is 0 Å². The van der Waals surface area contributed by atoms with Crippen molar-refractivity contribution >= 4 is 21.9 Å². The van der Waals surface area contributed by atoms with Crippen LogP contribution in [0.4, 0.5) is 4.39 Å². The summed E-state index contributed by atoms with van der Waals surface area (Å²) < 4.78 is 21.9. The minimum Gasteiger partial charge on any atom is -0.455 e. The quantitative estimate of drug-likeness (QED) is 0.380. The van der Waals surface area contributed by atoms with Crippen LogP contribution in [-0.2, 0) is 7.05 Å². The Morgan fingerprint density at radius 2 is 1.82 bits per heavy atom. The summed E-state index contributed by atoms with van der Waals surface area (Å²) >= 11 is 0. The summed E-state index contributed by atoms with van der Waals surface area (Å²) in [7, 11) is 2.01. The maximum absolute atomic E-state index is 13.7. The number of hydrogen-bond acceptors (Lipinski definition) is 2. The van der Waals surface area contributed by atoms with Crippen molar-refractivity contribution in [3.63, 3.8) is 0 Å². The molecule has 28 heavy (non-hydrogen) atoms. The minimum absolute atomic E-state index is 0.299. The lowest BCUT2D eigenvalue weighted by atomic mass is 9.99. The van der Waals surface area contributed by atoms with Crippen molar-refractivity contribution in [2.75, 3.05) is 0 Å². The highest BCUT2D eigenvalue weighted by Crippen LogP contribution is 2.37. The van der Waals surface area contributed by atoms with Gasteiger partial charge in [0.25, 0.3) is 0 Å². The Kier molecular flexibility index (Phi) is 3.72. The van der Waals surface area contributed by atoms with E-state index < -0.39 is 0 Å². The third kappa shape index (κ3) is 2.57. The van der Waals surface area contributed by atoms with Crippen LogP contribution in [0, 0.1) is 12.7 Å². The molecule has 0 saturated carbocycles. The normalized spacial score (nSPS) is 11.4. The molecule has 136 valence electrons. The monoisotopic (exact) mass is 369 g/mol. The van der Waals surface area contributed by atoms with Crippen LogP contribution in [-0.4, -0.2) is 4.98 Å². The van der Waals surface area contributed by atoms with Gasteiger partial charge < -0.3 is 4.42 Å². The highest BCUT2D eigenvalue weighted by Gasteiger charge is 2.21. The maximum Gasteiger partial charge on any atom is 0.217 e. The van der Waals surface area contributed by atoms with E-state index in [9.17, 15) is 4.39 Å². The summed E-state index contributed by atoms with van der Waals surface area (Å²) in [5.41, 5.74) is 6.41. The van der Waals surface area contributed by atoms with Gasteiger partial charge in [0.05, 0.1) is 11.3 Å². The first kappa shape index (κ1) is 16.6. The van der Waals surface area contributed by atoms with Gasteiger partial charge in [-0.05, 0) is 36.8 Å². The van der Waals surface area contributed by atoms with Gasteiger partial charge in [0.2, 0.25) is 5.69 Å². The van der Waals surface area contributed by atoms with E-state index >= 15 is 0 Å². The number of pyridine rings is 2. The maximum atomic E-state index is 13.7. The molecule has 4 heteroatoms. The molecule has 0 aliphatic carbocycles. The van der Waals surface area contributed by atoms with Crippen LogP contribution in [0.15, 0.2) is 77.5 Å². The zero-order chi connectivity index (χ0) is 19.3. The van der Waals surface area contributed by atoms with Gasteiger partial charge in [-0.2, -0.15) is 0 Å². The molecule has 3 heterocycles. The number of aromatic nitrogens is 2. The highest BCUT2D eigenvalue weighted by molar-refractivity contribution is 6.09. The Hall–Kier alpha value is -3.53. The van der Waals surface area contributed by atoms with Crippen molar-refractivity contribution in [2.45, 2.75) is 6.92 Å². The Bertz CT molecular complexity index is 1340. The van der Waals surface area contributed by atoms with Crippen LogP contribution < -0.4 is 4.57 Å². The summed E-state index contributed by atoms with van der Waals surface area (Å²) in [6.07, 6.45) is 3.82. The van der Waals surface area contributed by atoms with Crippen molar-refractivity contribution in [3.05, 3.63) is 84.4 Å². The van der Waals surface area contributed by atoms with Gasteiger partial charge in [-0.1, -0.05) is 18.2 Å². The number of benzene rings is 2. The van der Waals surface area contributed by atoms with Crippen molar-refractivity contribution < 1.29 is 13.4 Å². The average molecular weight is 369 g/mol. The molecule has 0 aliphatic heterocycles. The van der Waals surface area contributed by atoms with E-state index in [1.165, 1.54) is 12.1 Å². The van der Waals surface area contributed by atoms with Gasteiger partial charge in [0.1, 0.15) is 24.0 Å². The SMILES string of the molecule is Cc1ccc2c(oc3cc(F)ccc32)c1-c1cc(-c2ccccn2)cc[n+]1C. The predicted molar refractivity (Wildman–Crippen MR) is 108 cm³/mol. The molecule has 0 unspecified atom stereocenters. The van der Waals surface area contributed by atoms with Crippen LogP contribution in [0.5, 0.6) is 0 Å². The lowest BCUT2D eigenvalue weighted by Gasteiger charge is -2.07. The first-order valence-corrected chi connectivity index (χ1v) is 9.14. The number of nitrogens with zero attached hydrogens (tertiary/aromatic N) is 2. The van der Waals surface area contributed by atoms with Crippen molar-refractivity contribution in [1.82, 2.24) is 4.98 Å². The van der Waals surface area contributed by atoms with Gasteiger partial charge in [-0.25, -0.2) is 8.96 Å². The van der Waals surface area contributed by atoms with Crippen LogP contribution in [0.1, 0.15) is 5.56 Å². The van der Waals surface area contributed by atoms with E-state index in [-0.39, 0.29) is 5.82 Å². The molecule has 3 nitrogen and oxygen atoms in total. The Morgan fingerprint density at radius 3 is 2.64 bits per heavy atom. The van der Waals surface area contributed by atoms with Gasteiger partial charge in [-0.3, -0.25) is 4.98 Å². The van der Waals surface area contributed by atoms with E-state index in [0.29, 0.717) is 5.58 Å². The predicted octanol–water partition coefficient (Wildman–Crippen LogP) is 5.59. The molecule has 0 radical (unpaired) electrons. The van der Waals surface area contributed by atoms with Crippen LogP contribution >= 0.6 is 0 Å². The van der Waals surface area contributed by atoms with Crippen LogP contribution in [0.3, 0.4) is 0 Å². The Balaban J connectivity index is 1.82.